The van der Waals surface area contributed by atoms with Gasteiger partial charge in [-0.05, 0) is 56.7 Å². The smallest absolute Gasteiger partial charge is 0.319 e. The van der Waals surface area contributed by atoms with Crippen molar-refractivity contribution in [3.63, 3.8) is 0 Å². The number of nitrogens with one attached hydrogen (secondary N) is 2. The molecule has 1 aliphatic rings. The number of urea groups is 1. The molecule has 1 aromatic carbocycles. The third kappa shape index (κ3) is 6.09. The number of nitrogens with zero attached hydrogens (tertiary/aromatic N) is 2. The number of pyridine rings is 1. The van der Waals surface area contributed by atoms with E-state index in [-0.39, 0.29) is 23.5 Å². The highest BCUT2D eigenvalue weighted by atomic mass is 35.5. The van der Waals surface area contributed by atoms with E-state index in [0.29, 0.717) is 23.1 Å². The van der Waals surface area contributed by atoms with Gasteiger partial charge < -0.3 is 20.1 Å². The second kappa shape index (κ2) is 10.3. The Kier molecular flexibility index (Phi) is 7.75. The van der Waals surface area contributed by atoms with Gasteiger partial charge in [-0.3, -0.25) is 9.88 Å². The number of rotatable bonds is 7. The molecule has 7 nitrogen and oxygen atoms in total. The fourth-order valence-corrected chi connectivity index (χ4v) is 4.15. The second-order valence-corrected chi connectivity index (χ2v) is 8.86. The van der Waals surface area contributed by atoms with Crippen LogP contribution in [0.3, 0.4) is 0 Å². The number of carbonyl (C=O) groups is 1. The summed E-state index contributed by atoms with van der Waals surface area (Å²) in [5.41, 5.74) is 1.51. The Hall–Kier alpha value is -2.35. The molecule has 0 aliphatic carbocycles. The van der Waals surface area contributed by atoms with Crippen molar-refractivity contribution >= 4 is 23.3 Å². The summed E-state index contributed by atoms with van der Waals surface area (Å²) in [5.74, 6) is 0.743. The first-order valence-corrected chi connectivity index (χ1v) is 10.8. The van der Waals surface area contributed by atoms with E-state index in [0.717, 1.165) is 25.2 Å². The summed E-state index contributed by atoms with van der Waals surface area (Å²) in [7, 11) is 3.34. The van der Waals surface area contributed by atoms with Crippen LogP contribution in [0.1, 0.15) is 31.9 Å². The van der Waals surface area contributed by atoms with Crippen LogP contribution in [0.4, 0.5) is 10.5 Å². The highest BCUT2D eigenvalue weighted by molar-refractivity contribution is 6.30. The molecule has 0 radical (unpaired) electrons. The van der Waals surface area contributed by atoms with Crippen LogP contribution < -0.4 is 15.4 Å². The van der Waals surface area contributed by atoms with Crippen molar-refractivity contribution in [2.45, 2.75) is 37.8 Å². The number of hydrogen-bond acceptors (Lipinski definition) is 5. The lowest BCUT2D eigenvalue weighted by Gasteiger charge is -2.46. The van der Waals surface area contributed by atoms with Gasteiger partial charge >= 0.3 is 6.03 Å². The van der Waals surface area contributed by atoms with Crippen molar-refractivity contribution in [1.82, 2.24) is 15.2 Å². The Morgan fingerprint density at radius 3 is 2.58 bits per heavy atom. The van der Waals surface area contributed by atoms with Gasteiger partial charge in [0.1, 0.15) is 5.75 Å². The Labute approximate surface area is 189 Å². The number of aromatic nitrogens is 1. The molecule has 2 aromatic rings. The zero-order chi connectivity index (χ0) is 22.4. The van der Waals surface area contributed by atoms with Crippen LogP contribution in [0, 0.1) is 0 Å². The van der Waals surface area contributed by atoms with E-state index in [4.69, 9.17) is 21.1 Å². The van der Waals surface area contributed by atoms with Gasteiger partial charge in [0, 0.05) is 54.1 Å². The molecule has 168 valence electrons. The molecule has 1 aliphatic heterocycles. The quantitative estimate of drug-likeness (QED) is 0.668. The summed E-state index contributed by atoms with van der Waals surface area (Å²) >= 11 is 5.93. The highest BCUT2D eigenvalue weighted by Crippen LogP contribution is 2.31. The minimum Gasteiger partial charge on any atom is -0.495 e. The molecule has 1 saturated heterocycles. The topological polar surface area (TPSA) is 75.7 Å². The van der Waals surface area contributed by atoms with Crippen molar-refractivity contribution in [1.29, 1.82) is 0 Å². The normalized spacial score (nSPS) is 19.6. The Morgan fingerprint density at radius 2 is 1.97 bits per heavy atom. The molecule has 0 bridgehead atoms. The number of anilines is 1. The predicted octanol–water partition coefficient (Wildman–Crippen LogP) is 4.15. The number of halogens is 1. The molecular weight excluding hydrogens is 416 g/mol. The van der Waals surface area contributed by atoms with Crippen molar-refractivity contribution in [2.75, 3.05) is 39.2 Å². The summed E-state index contributed by atoms with van der Waals surface area (Å²) in [5, 5.41) is 6.66. The summed E-state index contributed by atoms with van der Waals surface area (Å²) in [6, 6.07) is 10.6. The van der Waals surface area contributed by atoms with Crippen LogP contribution >= 0.6 is 11.6 Å². The fraction of sp³-hybridized carbons (Fsp3) is 0.478. The lowest BCUT2D eigenvalue weighted by molar-refractivity contribution is 0.0106. The summed E-state index contributed by atoms with van der Waals surface area (Å²) < 4.78 is 10.7. The molecule has 2 amide bonds. The minimum atomic E-state index is -0.240. The van der Waals surface area contributed by atoms with Gasteiger partial charge in [-0.2, -0.15) is 0 Å². The van der Waals surface area contributed by atoms with E-state index in [1.54, 1.807) is 44.7 Å². The standard InChI is InChI=1S/C23H31ClN4O3/c1-23(2,15-30-3)28-12-11-21(19(14-28)20-10-9-18(31-4)13-25-20)27-22(29)26-17-7-5-16(24)6-8-17/h5-10,13,19,21H,11-12,14-15H2,1-4H3,(H2,26,27,29). The first kappa shape index (κ1) is 23.3. The summed E-state index contributed by atoms with van der Waals surface area (Å²) in [6.45, 7) is 6.60. The van der Waals surface area contributed by atoms with E-state index in [2.05, 4.69) is 34.4 Å². The van der Waals surface area contributed by atoms with Gasteiger partial charge in [-0.15, -0.1) is 0 Å². The fourth-order valence-electron chi connectivity index (χ4n) is 4.02. The van der Waals surface area contributed by atoms with E-state index in [1.165, 1.54) is 0 Å². The second-order valence-electron chi connectivity index (χ2n) is 8.42. The Bertz CT molecular complexity index is 858. The maximum absolute atomic E-state index is 12.7. The molecule has 0 saturated carbocycles. The van der Waals surface area contributed by atoms with Crippen molar-refractivity contribution in [3.05, 3.63) is 53.3 Å². The predicted molar refractivity (Wildman–Crippen MR) is 123 cm³/mol. The van der Waals surface area contributed by atoms with Crippen LogP contribution in [-0.2, 0) is 4.74 Å². The molecule has 2 N–H and O–H groups in total. The molecule has 3 rings (SSSR count). The number of piperidine rings is 1. The van der Waals surface area contributed by atoms with E-state index in [1.807, 2.05) is 12.1 Å². The van der Waals surface area contributed by atoms with Crippen LogP contribution in [0.15, 0.2) is 42.6 Å². The molecule has 2 heterocycles. The Balaban J connectivity index is 1.76. The molecule has 8 heteroatoms. The van der Waals surface area contributed by atoms with Gasteiger partial charge in [0.05, 0.1) is 19.9 Å². The Morgan fingerprint density at radius 1 is 1.23 bits per heavy atom. The van der Waals surface area contributed by atoms with Gasteiger partial charge in [0.2, 0.25) is 0 Å². The molecule has 2 unspecified atom stereocenters. The SMILES string of the molecule is COCC(C)(C)N1CCC(NC(=O)Nc2ccc(Cl)cc2)C(c2ccc(OC)cn2)C1. The number of benzene rings is 1. The van der Waals surface area contributed by atoms with Gasteiger partial charge in [0.15, 0.2) is 0 Å². The molecular formula is C23H31ClN4O3. The molecule has 1 aromatic heterocycles. The number of carbonyl (C=O) groups excluding carboxylic acids is 1. The zero-order valence-corrected chi connectivity index (χ0v) is 19.3. The maximum atomic E-state index is 12.7. The van der Waals surface area contributed by atoms with Crippen molar-refractivity contribution in [3.8, 4) is 5.75 Å². The van der Waals surface area contributed by atoms with Crippen molar-refractivity contribution in [2.24, 2.45) is 0 Å². The average molecular weight is 447 g/mol. The zero-order valence-electron chi connectivity index (χ0n) is 18.5. The number of likely N-dealkylation sites (tertiary alicyclic amines) is 1. The largest absolute Gasteiger partial charge is 0.495 e. The van der Waals surface area contributed by atoms with Crippen LogP contribution in [0.5, 0.6) is 5.75 Å². The number of hydrogen-bond donors (Lipinski definition) is 2. The lowest BCUT2D eigenvalue weighted by atomic mass is 9.86. The van der Waals surface area contributed by atoms with Crippen molar-refractivity contribution < 1.29 is 14.3 Å². The van der Waals surface area contributed by atoms with Crippen LogP contribution in [0.25, 0.3) is 0 Å². The van der Waals surface area contributed by atoms with E-state index in [9.17, 15) is 4.79 Å². The first-order valence-electron chi connectivity index (χ1n) is 10.4. The maximum Gasteiger partial charge on any atom is 0.319 e. The van der Waals surface area contributed by atoms with Gasteiger partial charge in [-0.1, -0.05) is 11.6 Å². The van der Waals surface area contributed by atoms with E-state index >= 15 is 0 Å². The van der Waals surface area contributed by atoms with Gasteiger partial charge in [-0.25, -0.2) is 4.79 Å². The third-order valence-electron chi connectivity index (χ3n) is 5.76. The third-order valence-corrected chi connectivity index (χ3v) is 6.01. The lowest BCUT2D eigenvalue weighted by Crippen LogP contribution is -2.57. The minimum absolute atomic E-state index is 0.0340. The first-order chi connectivity index (χ1) is 14.8. The van der Waals surface area contributed by atoms with Crippen LogP contribution in [-0.4, -0.2) is 61.4 Å². The van der Waals surface area contributed by atoms with Crippen LogP contribution in [0.2, 0.25) is 5.02 Å². The number of ether oxygens (including phenoxy) is 2. The molecule has 31 heavy (non-hydrogen) atoms. The van der Waals surface area contributed by atoms with E-state index < -0.39 is 0 Å². The number of amides is 2. The molecule has 1 fully saturated rings. The average Bonchev–Trinajstić information content (AvgIpc) is 2.75. The highest BCUT2D eigenvalue weighted by Gasteiger charge is 2.38. The summed E-state index contributed by atoms with van der Waals surface area (Å²) in [4.78, 5) is 19.7. The molecule has 0 spiro atoms. The van der Waals surface area contributed by atoms with Gasteiger partial charge in [0.25, 0.3) is 0 Å². The monoisotopic (exact) mass is 446 g/mol. The number of methoxy groups -OCH3 is 2. The molecule has 2 atom stereocenters. The summed E-state index contributed by atoms with van der Waals surface area (Å²) in [6.07, 6.45) is 2.53.